The summed E-state index contributed by atoms with van der Waals surface area (Å²) in [6, 6.07) is 14.6. The number of nitrogens with one attached hydrogen (secondary N) is 2. The van der Waals surface area contributed by atoms with Crippen molar-refractivity contribution in [3.05, 3.63) is 60.2 Å². The van der Waals surface area contributed by atoms with Crippen LogP contribution in [0, 0.1) is 0 Å². The second kappa shape index (κ2) is 14.1. The number of ether oxygens (including phenoxy) is 5. The Bertz CT molecular complexity index is 1450. The van der Waals surface area contributed by atoms with E-state index < -0.39 is 15.9 Å². The number of morpholine rings is 1. The summed E-state index contributed by atoms with van der Waals surface area (Å²) < 4.78 is 57.9. The zero-order chi connectivity index (χ0) is 30.1. The maximum Gasteiger partial charge on any atom is 0.264 e. The molecule has 226 valence electrons. The number of amides is 1. The first kappa shape index (κ1) is 30.8. The molecule has 1 aliphatic rings. The molecule has 1 aliphatic heterocycles. The van der Waals surface area contributed by atoms with Crippen molar-refractivity contribution < 1.29 is 36.9 Å². The number of carbonyl (C=O) groups is 1. The van der Waals surface area contributed by atoms with E-state index >= 15 is 0 Å². The quantitative estimate of drug-likeness (QED) is 0.286. The standard InChI is InChI=1S/C30H37N3O8S/c1-5-39-26-18-21(19-27(40-6-2)29(26)41-7-3)30(34)31-23-10-13-25(33-14-16-38-17-15-33)28(20-23)42(35,36)32-22-8-11-24(37-4)12-9-22/h8-13,18-20,32H,5-7,14-17H2,1-4H3,(H,31,34). The summed E-state index contributed by atoms with van der Waals surface area (Å²) >= 11 is 0. The van der Waals surface area contributed by atoms with Gasteiger partial charge in [-0.05, 0) is 75.4 Å². The van der Waals surface area contributed by atoms with Gasteiger partial charge in [0.15, 0.2) is 11.5 Å². The minimum atomic E-state index is -4.06. The van der Waals surface area contributed by atoms with Gasteiger partial charge in [0, 0.05) is 30.0 Å². The van der Waals surface area contributed by atoms with Crippen molar-refractivity contribution in [2.75, 3.05) is 68.2 Å². The van der Waals surface area contributed by atoms with Gasteiger partial charge in [0.2, 0.25) is 5.75 Å². The van der Waals surface area contributed by atoms with E-state index in [0.717, 1.165) is 0 Å². The molecule has 3 aromatic carbocycles. The predicted octanol–water partition coefficient (Wildman–Crippen LogP) is 4.78. The molecule has 42 heavy (non-hydrogen) atoms. The van der Waals surface area contributed by atoms with Crippen LogP contribution in [0.1, 0.15) is 31.1 Å². The maximum atomic E-state index is 13.7. The van der Waals surface area contributed by atoms with Gasteiger partial charge in [-0.2, -0.15) is 0 Å². The van der Waals surface area contributed by atoms with Crippen molar-refractivity contribution >= 4 is 33.0 Å². The maximum absolute atomic E-state index is 13.7. The molecule has 0 radical (unpaired) electrons. The van der Waals surface area contributed by atoms with E-state index in [1.165, 1.54) is 13.2 Å². The second-order valence-electron chi connectivity index (χ2n) is 9.17. The van der Waals surface area contributed by atoms with Crippen molar-refractivity contribution in [1.29, 1.82) is 0 Å². The molecule has 1 saturated heterocycles. The fourth-order valence-corrected chi connectivity index (χ4v) is 5.78. The molecule has 0 aromatic heterocycles. The van der Waals surface area contributed by atoms with E-state index in [9.17, 15) is 13.2 Å². The summed E-state index contributed by atoms with van der Waals surface area (Å²) in [6.45, 7) is 8.65. The number of nitrogens with zero attached hydrogens (tertiary/aromatic N) is 1. The molecule has 4 rings (SSSR count). The number of hydrogen-bond donors (Lipinski definition) is 2. The number of hydrogen-bond acceptors (Lipinski definition) is 9. The van der Waals surface area contributed by atoms with Gasteiger partial charge in [0.1, 0.15) is 10.6 Å². The molecule has 0 unspecified atom stereocenters. The summed E-state index contributed by atoms with van der Waals surface area (Å²) in [6.07, 6.45) is 0. The zero-order valence-electron chi connectivity index (χ0n) is 24.3. The van der Waals surface area contributed by atoms with Gasteiger partial charge in [-0.1, -0.05) is 0 Å². The van der Waals surface area contributed by atoms with Crippen LogP contribution in [0.5, 0.6) is 23.0 Å². The normalized spacial score (nSPS) is 13.3. The number of rotatable bonds is 13. The first-order valence-corrected chi connectivity index (χ1v) is 15.3. The van der Waals surface area contributed by atoms with E-state index in [-0.39, 0.29) is 10.5 Å². The van der Waals surface area contributed by atoms with Crippen molar-refractivity contribution in [1.82, 2.24) is 0 Å². The summed E-state index contributed by atoms with van der Waals surface area (Å²) in [5, 5.41) is 2.83. The molecule has 2 N–H and O–H groups in total. The van der Waals surface area contributed by atoms with E-state index in [2.05, 4.69) is 10.0 Å². The first-order valence-electron chi connectivity index (χ1n) is 13.8. The van der Waals surface area contributed by atoms with Crippen molar-refractivity contribution in [3.63, 3.8) is 0 Å². The fourth-order valence-electron chi connectivity index (χ4n) is 4.46. The topological polar surface area (TPSA) is 125 Å². The lowest BCUT2D eigenvalue weighted by molar-refractivity contribution is 0.102. The highest BCUT2D eigenvalue weighted by Gasteiger charge is 2.25. The van der Waals surface area contributed by atoms with Crippen LogP contribution in [0.2, 0.25) is 0 Å². The molecule has 12 heteroatoms. The molecule has 1 amide bonds. The monoisotopic (exact) mass is 599 g/mol. The van der Waals surface area contributed by atoms with Gasteiger partial charge in [-0.25, -0.2) is 8.42 Å². The van der Waals surface area contributed by atoms with Crippen LogP contribution in [-0.2, 0) is 14.8 Å². The Hall–Kier alpha value is -4.16. The zero-order valence-corrected chi connectivity index (χ0v) is 25.1. The Morgan fingerprint density at radius 2 is 1.45 bits per heavy atom. The number of sulfonamides is 1. The van der Waals surface area contributed by atoms with Gasteiger partial charge in [-0.3, -0.25) is 9.52 Å². The highest BCUT2D eigenvalue weighted by atomic mass is 32.2. The smallest absolute Gasteiger partial charge is 0.264 e. The third-order valence-electron chi connectivity index (χ3n) is 6.37. The fraction of sp³-hybridized carbons (Fsp3) is 0.367. The highest BCUT2D eigenvalue weighted by molar-refractivity contribution is 7.92. The SMILES string of the molecule is CCOc1cc(C(=O)Nc2ccc(N3CCOCC3)c(S(=O)(=O)Nc3ccc(OC)cc3)c2)cc(OCC)c1OCC. The molecule has 0 bridgehead atoms. The molecular weight excluding hydrogens is 562 g/mol. The third kappa shape index (κ3) is 7.37. The van der Waals surface area contributed by atoms with Crippen LogP contribution in [0.25, 0.3) is 0 Å². The Kier molecular flexibility index (Phi) is 10.4. The van der Waals surface area contributed by atoms with Gasteiger partial charge < -0.3 is 33.9 Å². The van der Waals surface area contributed by atoms with Gasteiger partial charge in [0.05, 0.1) is 45.8 Å². The summed E-state index contributed by atoms with van der Waals surface area (Å²) in [5.74, 6) is 1.32. The number of benzene rings is 3. The molecule has 1 heterocycles. The number of methoxy groups -OCH3 is 1. The van der Waals surface area contributed by atoms with E-state index in [4.69, 9.17) is 23.7 Å². The predicted molar refractivity (Wildman–Crippen MR) is 161 cm³/mol. The minimum Gasteiger partial charge on any atom is -0.497 e. The van der Waals surface area contributed by atoms with E-state index in [1.807, 2.05) is 25.7 Å². The molecule has 0 aliphatic carbocycles. The van der Waals surface area contributed by atoms with Gasteiger partial charge in [0.25, 0.3) is 15.9 Å². The molecule has 0 spiro atoms. The number of anilines is 3. The molecule has 3 aromatic rings. The van der Waals surface area contributed by atoms with Crippen LogP contribution in [0.3, 0.4) is 0 Å². The molecule has 11 nitrogen and oxygen atoms in total. The van der Waals surface area contributed by atoms with Gasteiger partial charge >= 0.3 is 0 Å². The molecular formula is C30H37N3O8S. The molecule has 1 fully saturated rings. The summed E-state index contributed by atoms with van der Waals surface area (Å²) in [5.41, 5.74) is 1.45. The Morgan fingerprint density at radius 1 is 0.857 bits per heavy atom. The summed E-state index contributed by atoms with van der Waals surface area (Å²) in [7, 11) is -2.52. The number of carbonyl (C=O) groups excluding carboxylic acids is 1. The van der Waals surface area contributed by atoms with E-state index in [1.54, 1.807) is 48.5 Å². The summed E-state index contributed by atoms with van der Waals surface area (Å²) in [4.78, 5) is 15.4. The average Bonchev–Trinajstić information content (AvgIpc) is 2.99. The molecule has 0 saturated carbocycles. The van der Waals surface area contributed by atoms with Crippen LogP contribution in [-0.4, -0.2) is 67.6 Å². The minimum absolute atomic E-state index is 0.0229. The van der Waals surface area contributed by atoms with Crippen molar-refractivity contribution in [3.8, 4) is 23.0 Å². The molecule has 0 atom stereocenters. The lowest BCUT2D eigenvalue weighted by Gasteiger charge is -2.30. The van der Waals surface area contributed by atoms with Crippen molar-refractivity contribution in [2.45, 2.75) is 25.7 Å². The Labute approximate surface area is 246 Å². The van der Waals surface area contributed by atoms with Crippen LogP contribution < -0.4 is 33.9 Å². The van der Waals surface area contributed by atoms with Gasteiger partial charge in [-0.15, -0.1) is 0 Å². The lowest BCUT2D eigenvalue weighted by atomic mass is 10.1. The van der Waals surface area contributed by atoms with Crippen LogP contribution in [0.4, 0.5) is 17.1 Å². The van der Waals surface area contributed by atoms with Crippen LogP contribution in [0.15, 0.2) is 59.5 Å². The van der Waals surface area contributed by atoms with E-state index in [0.29, 0.717) is 86.2 Å². The Balaban J connectivity index is 1.68. The Morgan fingerprint density at radius 3 is 2.02 bits per heavy atom. The van der Waals surface area contributed by atoms with Crippen LogP contribution >= 0.6 is 0 Å². The lowest BCUT2D eigenvalue weighted by Crippen LogP contribution is -2.37. The first-order chi connectivity index (χ1) is 20.3. The highest BCUT2D eigenvalue weighted by Crippen LogP contribution is 2.39. The second-order valence-corrected chi connectivity index (χ2v) is 10.8. The van der Waals surface area contributed by atoms with Crippen molar-refractivity contribution in [2.24, 2.45) is 0 Å². The average molecular weight is 600 g/mol. The third-order valence-corrected chi connectivity index (χ3v) is 7.78. The largest absolute Gasteiger partial charge is 0.497 e.